The van der Waals surface area contributed by atoms with Gasteiger partial charge in [-0.05, 0) is 30.9 Å². The lowest BCUT2D eigenvalue weighted by molar-refractivity contribution is -0.146. The summed E-state index contributed by atoms with van der Waals surface area (Å²) in [5, 5.41) is 9.00. The van der Waals surface area contributed by atoms with Crippen LogP contribution in [0.4, 0.5) is 4.39 Å². The highest BCUT2D eigenvalue weighted by atomic mass is 19.1. The number of hydrogen-bond acceptors (Lipinski definition) is 3. The van der Waals surface area contributed by atoms with Crippen LogP contribution in [-0.4, -0.2) is 59.4 Å². The smallest absolute Gasteiger partial charge is 0.306 e. The number of halogens is 1. The number of nitrogens with zero attached hydrogens (tertiary/aromatic N) is 2. The van der Waals surface area contributed by atoms with Crippen molar-refractivity contribution in [2.75, 3.05) is 26.7 Å². The molecule has 1 N–H and O–H groups in total. The zero-order valence-electron chi connectivity index (χ0n) is 15.2. The standard InChI is InChI=1S/C19H25FN2O4/c1-13(11-15-5-3-4-6-16(15)20)18(24)21(2)12-17(23)22-9-7-14(8-10-22)19(25)26/h3-6,13-14H,7-12H2,1-2H3,(H,25,26). The number of piperidine rings is 1. The Morgan fingerprint density at radius 3 is 2.46 bits per heavy atom. The van der Waals surface area contributed by atoms with Crippen LogP contribution in [0.15, 0.2) is 24.3 Å². The lowest BCUT2D eigenvalue weighted by Crippen LogP contribution is -2.46. The van der Waals surface area contributed by atoms with Gasteiger partial charge in [0.25, 0.3) is 0 Å². The van der Waals surface area contributed by atoms with E-state index < -0.39 is 17.8 Å². The maximum atomic E-state index is 13.7. The Balaban J connectivity index is 1.85. The van der Waals surface area contributed by atoms with E-state index in [1.807, 2.05) is 0 Å². The van der Waals surface area contributed by atoms with Crippen molar-refractivity contribution >= 4 is 17.8 Å². The van der Waals surface area contributed by atoms with Gasteiger partial charge in [0.2, 0.25) is 11.8 Å². The normalized spacial score (nSPS) is 16.2. The van der Waals surface area contributed by atoms with Crippen molar-refractivity contribution in [1.29, 1.82) is 0 Å². The molecule has 6 nitrogen and oxygen atoms in total. The molecule has 2 rings (SSSR count). The Morgan fingerprint density at radius 2 is 1.88 bits per heavy atom. The molecule has 2 amide bonds. The highest BCUT2D eigenvalue weighted by Gasteiger charge is 2.28. The summed E-state index contributed by atoms with van der Waals surface area (Å²) in [7, 11) is 1.56. The Hall–Kier alpha value is -2.44. The van der Waals surface area contributed by atoms with Gasteiger partial charge in [-0.3, -0.25) is 14.4 Å². The third-order valence-electron chi connectivity index (χ3n) is 4.85. The van der Waals surface area contributed by atoms with Gasteiger partial charge in [-0.25, -0.2) is 4.39 Å². The first-order valence-corrected chi connectivity index (χ1v) is 8.78. The number of likely N-dealkylation sites (N-methyl/N-ethyl adjacent to an activating group) is 1. The number of aliphatic carboxylic acids is 1. The molecule has 1 aliphatic rings. The van der Waals surface area contributed by atoms with Crippen molar-refractivity contribution in [3.05, 3.63) is 35.6 Å². The summed E-state index contributed by atoms with van der Waals surface area (Å²) in [5.74, 6) is -2.43. The number of carbonyl (C=O) groups is 3. The molecule has 1 fully saturated rings. The van der Waals surface area contributed by atoms with Crippen LogP contribution in [0.25, 0.3) is 0 Å². The van der Waals surface area contributed by atoms with Crippen LogP contribution < -0.4 is 0 Å². The van der Waals surface area contributed by atoms with Crippen molar-refractivity contribution in [2.45, 2.75) is 26.2 Å². The molecule has 1 saturated heterocycles. The van der Waals surface area contributed by atoms with Gasteiger partial charge in [-0.2, -0.15) is 0 Å². The van der Waals surface area contributed by atoms with E-state index in [0.29, 0.717) is 31.5 Å². The van der Waals surface area contributed by atoms with Crippen LogP contribution in [0.1, 0.15) is 25.3 Å². The molecule has 0 saturated carbocycles. The number of benzene rings is 1. The van der Waals surface area contributed by atoms with Gasteiger partial charge in [0, 0.05) is 26.1 Å². The summed E-state index contributed by atoms with van der Waals surface area (Å²) in [6.07, 6.45) is 1.14. The van der Waals surface area contributed by atoms with E-state index >= 15 is 0 Å². The van der Waals surface area contributed by atoms with E-state index in [-0.39, 0.29) is 30.6 Å². The van der Waals surface area contributed by atoms with E-state index in [9.17, 15) is 18.8 Å². The molecule has 0 radical (unpaired) electrons. The quantitative estimate of drug-likeness (QED) is 0.835. The van der Waals surface area contributed by atoms with Crippen molar-refractivity contribution in [1.82, 2.24) is 9.80 Å². The average Bonchev–Trinajstić information content (AvgIpc) is 2.62. The maximum Gasteiger partial charge on any atom is 0.306 e. The second-order valence-corrected chi connectivity index (χ2v) is 6.88. The summed E-state index contributed by atoms with van der Waals surface area (Å²) in [4.78, 5) is 38.7. The van der Waals surface area contributed by atoms with Crippen molar-refractivity contribution in [3.63, 3.8) is 0 Å². The van der Waals surface area contributed by atoms with E-state index in [1.54, 1.807) is 37.1 Å². The summed E-state index contributed by atoms with van der Waals surface area (Å²) < 4.78 is 13.7. The Labute approximate surface area is 152 Å². The molecular weight excluding hydrogens is 339 g/mol. The van der Waals surface area contributed by atoms with Gasteiger partial charge in [0.1, 0.15) is 5.82 Å². The maximum absolute atomic E-state index is 13.7. The predicted octanol–water partition coefficient (Wildman–Crippen LogP) is 1.79. The van der Waals surface area contributed by atoms with Crippen molar-refractivity contribution in [2.24, 2.45) is 11.8 Å². The molecule has 142 valence electrons. The molecule has 1 aromatic rings. The number of carboxylic acid groups (broad SMARTS) is 1. The average molecular weight is 364 g/mol. The Kier molecular flexibility index (Phi) is 6.71. The second kappa shape index (κ2) is 8.78. The molecular formula is C19H25FN2O4. The first-order chi connectivity index (χ1) is 12.3. The summed E-state index contributed by atoms with van der Waals surface area (Å²) in [5.41, 5.74) is 0.476. The van der Waals surface area contributed by atoms with Crippen molar-refractivity contribution in [3.8, 4) is 0 Å². The number of carbonyl (C=O) groups excluding carboxylic acids is 2. The van der Waals surface area contributed by atoms with E-state index in [2.05, 4.69) is 0 Å². The van der Waals surface area contributed by atoms with Crippen molar-refractivity contribution < 1.29 is 23.9 Å². The van der Waals surface area contributed by atoms with Crippen LogP contribution in [0, 0.1) is 17.7 Å². The molecule has 26 heavy (non-hydrogen) atoms. The zero-order valence-corrected chi connectivity index (χ0v) is 15.2. The van der Waals surface area contributed by atoms with Gasteiger partial charge >= 0.3 is 5.97 Å². The third kappa shape index (κ3) is 5.03. The fourth-order valence-electron chi connectivity index (χ4n) is 3.21. The van der Waals surface area contributed by atoms with Crippen LogP contribution in [0.3, 0.4) is 0 Å². The molecule has 0 spiro atoms. The van der Waals surface area contributed by atoms with E-state index in [0.717, 1.165) is 0 Å². The lowest BCUT2D eigenvalue weighted by atomic mass is 9.97. The molecule has 7 heteroatoms. The number of carboxylic acids is 1. The van der Waals surface area contributed by atoms with Gasteiger partial charge in [0.05, 0.1) is 12.5 Å². The summed E-state index contributed by atoms with van der Waals surface area (Å²) in [6.45, 7) is 2.44. The largest absolute Gasteiger partial charge is 0.481 e. The first kappa shape index (κ1) is 19.9. The highest BCUT2D eigenvalue weighted by Crippen LogP contribution is 2.18. The van der Waals surface area contributed by atoms with Crippen LogP contribution in [-0.2, 0) is 20.8 Å². The predicted molar refractivity (Wildman–Crippen MR) is 93.8 cm³/mol. The first-order valence-electron chi connectivity index (χ1n) is 8.78. The van der Waals surface area contributed by atoms with E-state index in [4.69, 9.17) is 5.11 Å². The second-order valence-electron chi connectivity index (χ2n) is 6.88. The Morgan fingerprint density at radius 1 is 1.27 bits per heavy atom. The highest BCUT2D eigenvalue weighted by molar-refractivity contribution is 5.86. The number of hydrogen-bond donors (Lipinski definition) is 1. The topological polar surface area (TPSA) is 77.9 Å². The van der Waals surface area contributed by atoms with Gasteiger partial charge in [-0.15, -0.1) is 0 Å². The monoisotopic (exact) mass is 364 g/mol. The molecule has 1 heterocycles. The fourth-order valence-corrected chi connectivity index (χ4v) is 3.21. The van der Waals surface area contributed by atoms with Crippen LogP contribution in [0.5, 0.6) is 0 Å². The number of rotatable bonds is 6. The fraction of sp³-hybridized carbons (Fsp3) is 0.526. The van der Waals surface area contributed by atoms with E-state index in [1.165, 1.54) is 11.0 Å². The minimum atomic E-state index is -0.827. The van der Waals surface area contributed by atoms with Gasteiger partial charge in [0.15, 0.2) is 0 Å². The molecule has 1 aromatic carbocycles. The summed E-state index contributed by atoms with van der Waals surface area (Å²) in [6, 6.07) is 6.34. The van der Waals surface area contributed by atoms with Gasteiger partial charge in [-0.1, -0.05) is 25.1 Å². The minimum Gasteiger partial charge on any atom is -0.481 e. The SMILES string of the molecule is CC(Cc1ccccc1F)C(=O)N(C)CC(=O)N1CCC(C(=O)O)CC1. The van der Waals surface area contributed by atoms with Crippen LogP contribution in [0.2, 0.25) is 0 Å². The minimum absolute atomic E-state index is 0.0574. The van der Waals surface area contributed by atoms with Crippen LogP contribution >= 0.6 is 0 Å². The lowest BCUT2D eigenvalue weighted by Gasteiger charge is -2.32. The third-order valence-corrected chi connectivity index (χ3v) is 4.85. The molecule has 0 aromatic heterocycles. The molecule has 1 atom stereocenters. The molecule has 0 bridgehead atoms. The number of amides is 2. The number of likely N-dealkylation sites (tertiary alicyclic amines) is 1. The van der Waals surface area contributed by atoms with Gasteiger partial charge < -0.3 is 14.9 Å². The zero-order chi connectivity index (χ0) is 19.3. The molecule has 1 unspecified atom stereocenters. The summed E-state index contributed by atoms with van der Waals surface area (Å²) >= 11 is 0. The Bertz CT molecular complexity index is 671. The molecule has 1 aliphatic heterocycles. The molecule has 0 aliphatic carbocycles.